The fourth-order valence-electron chi connectivity index (χ4n) is 2.60. The van der Waals surface area contributed by atoms with Gasteiger partial charge >= 0.3 is 0 Å². The number of hydrogen-bond acceptors (Lipinski definition) is 2. The van der Waals surface area contributed by atoms with Gasteiger partial charge in [0, 0.05) is 36.3 Å². The second-order valence-corrected chi connectivity index (χ2v) is 6.09. The molecule has 0 radical (unpaired) electrons. The Bertz CT molecular complexity index is 446. The largest absolute Gasteiger partial charge is 0.310 e. The van der Waals surface area contributed by atoms with Crippen molar-refractivity contribution >= 4 is 0 Å². The van der Waals surface area contributed by atoms with E-state index in [1.165, 1.54) is 6.07 Å². The van der Waals surface area contributed by atoms with E-state index >= 15 is 0 Å². The van der Waals surface area contributed by atoms with Crippen LogP contribution in [0, 0.1) is 11.6 Å². The third-order valence-electron chi connectivity index (χ3n) is 3.78. The number of rotatable bonds is 2. The molecule has 1 N–H and O–H groups in total. The molecular formula is C15H22F2N2. The summed E-state index contributed by atoms with van der Waals surface area (Å²) < 4.78 is 26.7. The van der Waals surface area contributed by atoms with E-state index in [4.69, 9.17) is 0 Å². The van der Waals surface area contributed by atoms with Gasteiger partial charge in [0.2, 0.25) is 0 Å². The normalized spacial score (nSPS) is 24.2. The number of nitrogens with zero attached hydrogens (tertiary/aromatic N) is 1. The lowest BCUT2D eigenvalue weighted by Gasteiger charge is -2.33. The lowest BCUT2D eigenvalue weighted by Crippen LogP contribution is -2.47. The Morgan fingerprint density at radius 1 is 1.37 bits per heavy atom. The topological polar surface area (TPSA) is 15.3 Å². The minimum absolute atomic E-state index is 0.0151. The number of nitrogens with one attached hydrogen (secondary N) is 1. The maximum Gasteiger partial charge on any atom is 0.130 e. The van der Waals surface area contributed by atoms with Gasteiger partial charge in [0.15, 0.2) is 0 Å². The van der Waals surface area contributed by atoms with Gasteiger partial charge in [0.1, 0.15) is 11.6 Å². The standard InChI is InChI=1S/C15H22F2N2/c1-11-6-7-18-15(2,3)10-19(11)9-12-4-5-13(16)8-14(12)17/h4-5,8,11,18H,6-7,9-10H2,1-3H3. The quantitative estimate of drug-likeness (QED) is 0.887. The SMILES string of the molecule is CC1CCNC(C)(C)CN1Cc1ccc(F)cc1F. The van der Waals surface area contributed by atoms with Gasteiger partial charge in [0.05, 0.1) is 0 Å². The molecule has 0 saturated carbocycles. The predicted octanol–water partition coefficient (Wildman–Crippen LogP) is 2.93. The maximum atomic E-state index is 13.7. The lowest BCUT2D eigenvalue weighted by atomic mass is 10.0. The molecule has 1 aliphatic heterocycles. The summed E-state index contributed by atoms with van der Waals surface area (Å²) in [6, 6.07) is 4.22. The van der Waals surface area contributed by atoms with Crippen LogP contribution in [0.4, 0.5) is 8.78 Å². The first-order valence-electron chi connectivity index (χ1n) is 6.80. The van der Waals surface area contributed by atoms with Crippen LogP contribution in [-0.2, 0) is 6.54 Å². The maximum absolute atomic E-state index is 13.7. The number of halogens is 2. The summed E-state index contributed by atoms with van der Waals surface area (Å²) in [5, 5.41) is 3.50. The van der Waals surface area contributed by atoms with E-state index in [-0.39, 0.29) is 5.54 Å². The van der Waals surface area contributed by atoms with Gasteiger partial charge in [0.25, 0.3) is 0 Å². The molecule has 1 aromatic carbocycles. The Morgan fingerprint density at radius 3 is 2.79 bits per heavy atom. The molecule has 0 aliphatic carbocycles. The van der Waals surface area contributed by atoms with E-state index in [9.17, 15) is 8.78 Å². The van der Waals surface area contributed by atoms with Crippen molar-refractivity contribution in [2.24, 2.45) is 0 Å². The van der Waals surface area contributed by atoms with Crippen LogP contribution in [0.3, 0.4) is 0 Å². The third-order valence-corrected chi connectivity index (χ3v) is 3.78. The summed E-state index contributed by atoms with van der Waals surface area (Å²) in [6.45, 7) is 8.81. The molecule has 1 aromatic rings. The summed E-state index contributed by atoms with van der Waals surface area (Å²) >= 11 is 0. The minimum atomic E-state index is -0.521. The van der Waals surface area contributed by atoms with Crippen LogP contribution in [0.5, 0.6) is 0 Å². The molecule has 2 rings (SSSR count). The summed E-state index contributed by atoms with van der Waals surface area (Å²) in [4.78, 5) is 2.26. The molecule has 1 saturated heterocycles. The number of hydrogen-bond donors (Lipinski definition) is 1. The second kappa shape index (κ2) is 5.55. The molecule has 0 amide bonds. The van der Waals surface area contributed by atoms with Crippen LogP contribution in [0.25, 0.3) is 0 Å². The summed E-state index contributed by atoms with van der Waals surface area (Å²) in [5.41, 5.74) is 0.576. The van der Waals surface area contributed by atoms with E-state index in [1.54, 1.807) is 6.07 Å². The molecule has 1 atom stereocenters. The van der Waals surface area contributed by atoms with E-state index in [2.05, 4.69) is 31.0 Å². The van der Waals surface area contributed by atoms with Gasteiger partial charge in [-0.25, -0.2) is 8.78 Å². The van der Waals surface area contributed by atoms with Crippen LogP contribution in [-0.4, -0.2) is 29.6 Å². The molecule has 19 heavy (non-hydrogen) atoms. The van der Waals surface area contributed by atoms with E-state index in [0.717, 1.165) is 25.6 Å². The second-order valence-electron chi connectivity index (χ2n) is 6.09. The first kappa shape index (κ1) is 14.4. The Hall–Kier alpha value is -1.00. The highest BCUT2D eigenvalue weighted by atomic mass is 19.1. The Morgan fingerprint density at radius 2 is 2.11 bits per heavy atom. The van der Waals surface area contributed by atoms with Crippen LogP contribution >= 0.6 is 0 Å². The highest BCUT2D eigenvalue weighted by Crippen LogP contribution is 2.20. The predicted molar refractivity (Wildman–Crippen MR) is 72.9 cm³/mol. The Balaban J connectivity index is 2.15. The smallest absolute Gasteiger partial charge is 0.130 e. The zero-order valence-electron chi connectivity index (χ0n) is 11.8. The van der Waals surface area contributed by atoms with Crippen LogP contribution in [0.1, 0.15) is 32.8 Å². The fourth-order valence-corrected chi connectivity index (χ4v) is 2.60. The summed E-state index contributed by atoms with van der Waals surface area (Å²) in [7, 11) is 0. The molecule has 1 unspecified atom stereocenters. The fraction of sp³-hybridized carbons (Fsp3) is 0.600. The van der Waals surface area contributed by atoms with Crippen molar-refractivity contribution in [3.05, 3.63) is 35.4 Å². The van der Waals surface area contributed by atoms with Crippen molar-refractivity contribution in [2.45, 2.75) is 45.3 Å². The zero-order valence-corrected chi connectivity index (χ0v) is 11.8. The molecule has 0 bridgehead atoms. The van der Waals surface area contributed by atoms with Crippen molar-refractivity contribution in [1.29, 1.82) is 0 Å². The summed E-state index contributed by atoms with van der Waals surface area (Å²) in [6.07, 6.45) is 1.03. The van der Waals surface area contributed by atoms with Gasteiger partial charge < -0.3 is 5.32 Å². The van der Waals surface area contributed by atoms with Crippen molar-refractivity contribution in [1.82, 2.24) is 10.2 Å². The van der Waals surface area contributed by atoms with E-state index in [1.807, 2.05) is 0 Å². The van der Waals surface area contributed by atoms with Gasteiger partial charge in [-0.05, 0) is 39.8 Å². The van der Waals surface area contributed by atoms with E-state index < -0.39 is 11.6 Å². The van der Waals surface area contributed by atoms with Gasteiger partial charge in [-0.2, -0.15) is 0 Å². The minimum Gasteiger partial charge on any atom is -0.310 e. The lowest BCUT2D eigenvalue weighted by molar-refractivity contribution is 0.171. The first-order chi connectivity index (χ1) is 8.87. The van der Waals surface area contributed by atoms with Gasteiger partial charge in [-0.3, -0.25) is 4.90 Å². The number of benzene rings is 1. The highest BCUT2D eigenvalue weighted by molar-refractivity contribution is 5.18. The molecule has 2 nitrogen and oxygen atoms in total. The monoisotopic (exact) mass is 268 g/mol. The van der Waals surface area contributed by atoms with Gasteiger partial charge in [-0.1, -0.05) is 6.07 Å². The van der Waals surface area contributed by atoms with Crippen molar-refractivity contribution < 1.29 is 8.78 Å². The Labute approximate surface area is 113 Å². The van der Waals surface area contributed by atoms with Crippen molar-refractivity contribution in [3.8, 4) is 0 Å². The molecule has 4 heteroatoms. The van der Waals surface area contributed by atoms with E-state index in [0.29, 0.717) is 18.2 Å². The van der Waals surface area contributed by atoms with Crippen LogP contribution in [0.2, 0.25) is 0 Å². The molecule has 0 aromatic heterocycles. The molecule has 106 valence electrons. The summed E-state index contributed by atoms with van der Waals surface area (Å²) in [5.74, 6) is -0.977. The van der Waals surface area contributed by atoms with Crippen LogP contribution < -0.4 is 5.32 Å². The Kier molecular flexibility index (Phi) is 4.21. The van der Waals surface area contributed by atoms with Gasteiger partial charge in [-0.15, -0.1) is 0 Å². The van der Waals surface area contributed by atoms with Crippen LogP contribution in [0.15, 0.2) is 18.2 Å². The highest BCUT2D eigenvalue weighted by Gasteiger charge is 2.28. The molecular weight excluding hydrogens is 246 g/mol. The van der Waals surface area contributed by atoms with Crippen molar-refractivity contribution in [3.63, 3.8) is 0 Å². The third kappa shape index (κ3) is 3.74. The average molecular weight is 268 g/mol. The first-order valence-corrected chi connectivity index (χ1v) is 6.80. The zero-order chi connectivity index (χ0) is 14.0. The molecule has 1 fully saturated rings. The molecule has 1 heterocycles. The molecule has 0 spiro atoms. The van der Waals surface area contributed by atoms with Crippen molar-refractivity contribution in [2.75, 3.05) is 13.1 Å². The average Bonchev–Trinajstić information content (AvgIpc) is 2.42. The molecule has 1 aliphatic rings.